The Morgan fingerprint density at radius 2 is 1.86 bits per heavy atom. The van der Waals surface area contributed by atoms with Gasteiger partial charge in [-0.2, -0.15) is 0 Å². The van der Waals surface area contributed by atoms with Crippen molar-refractivity contribution in [3.63, 3.8) is 0 Å². The second kappa shape index (κ2) is 6.13. The van der Waals surface area contributed by atoms with Gasteiger partial charge < -0.3 is 9.64 Å². The third-order valence-electron chi connectivity index (χ3n) is 4.96. The van der Waals surface area contributed by atoms with Crippen molar-refractivity contribution in [2.24, 2.45) is 0 Å². The summed E-state index contributed by atoms with van der Waals surface area (Å²) in [5.74, 6) is 0.968. The number of hydrogen-bond donors (Lipinski definition) is 0. The van der Waals surface area contributed by atoms with Crippen molar-refractivity contribution in [3.05, 3.63) is 65.2 Å². The summed E-state index contributed by atoms with van der Waals surface area (Å²) in [6, 6.07) is 17.6. The lowest BCUT2D eigenvalue weighted by Gasteiger charge is -2.32. The molecule has 2 aromatic carbocycles. The molecule has 0 fully saturated rings. The molecule has 2 aromatic rings. The van der Waals surface area contributed by atoms with Gasteiger partial charge in [0.1, 0.15) is 5.75 Å². The predicted octanol–water partition coefficient (Wildman–Crippen LogP) is 3.88. The Hall–Kier alpha value is -1.80. The van der Waals surface area contributed by atoms with Crippen LogP contribution in [0.2, 0.25) is 0 Å². The van der Waals surface area contributed by atoms with E-state index >= 15 is 0 Å². The Balaban J connectivity index is 2.06. The first-order chi connectivity index (χ1) is 10.7. The molecule has 0 bridgehead atoms. The molecule has 2 nitrogen and oxygen atoms in total. The molecule has 0 radical (unpaired) electrons. The minimum atomic E-state index is 0.146. The molecule has 0 saturated carbocycles. The molecule has 2 heteroatoms. The lowest BCUT2D eigenvalue weighted by molar-refractivity contribution is 0.342. The number of hydrogen-bond acceptors (Lipinski definition) is 2. The number of benzene rings is 2. The van der Waals surface area contributed by atoms with Crippen LogP contribution in [-0.4, -0.2) is 32.6 Å². The van der Waals surface area contributed by atoms with Gasteiger partial charge in [0.25, 0.3) is 0 Å². The van der Waals surface area contributed by atoms with Gasteiger partial charge in [-0.15, -0.1) is 0 Å². The predicted molar refractivity (Wildman–Crippen MR) is 91.7 cm³/mol. The summed E-state index contributed by atoms with van der Waals surface area (Å²) in [4.78, 5) is 2.28. The van der Waals surface area contributed by atoms with Crippen molar-refractivity contribution < 1.29 is 4.74 Å². The SMILES string of the molecule is COc1ccc2c(c1)CC[C@@]2(CCN(C)C)c1ccccc1. The molecule has 0 saturated heterocycles. The molecule has 0 heterocycles. The maximum atomic E-state index is 5.40. The summed E-state index contributed by atoms with van der Waals surface area (Å²) >= 11 is 0. The summed E-state index contributed by atoms with van der Waals surface area (Å²) in [5.41, 5.74) is 4.52. The number of rotatable bonds is 5. The standard InChI is InChI=1S/C20H25NO/c1-21(2)14-13-20(17-7-5-4-6-8-17)12-11-16-15-18(22-3)9-10-19(16)20/h4-10,15H,11-14H2,1-3H3/t20-/m1/s1. The Bertz CT molecular complexity index is 635. The maximum absolute atomic E-state index is 5.40. The minimum absolute atomic E-state index is 0.146. The largest absolute Gasteiger partial charge is 0.497 e. The monoisotopic (exact) mass is 295 g/mol. The van der Waals surface area contributed by atoms with Crippen LogP contribution in [-0.2, 0) is 11.8 Å². The first-order valence-corrected chi connectivity index (χ1v) is 8.03. The van der Waals surface area contributed by atoms with Gasteiger partial charge in [-0.25, -0.2) is 0 Å². The van der Waals surface area contributed by atoms with Crippen molar-refractivity contribution in [1.29, 1.82) is 0 Å². The highest BCUT2D eigenvalue weighted by Gasteiger charge is 2.39. The summed E-state index contributed by atoms with van der Waals surface area (Å²) in [5, 5.41) is 0. The van der Waals surface area contributed by atoms with E-state index in [9.17, 15) is 0 Å². The first-order valence-electron chi connectivity index (χ1n) is 8.03. The molecule has 0 aromatic heterocycles. The van der Waals surface area contributed by atoms with Gasteiger partial charge in [0.2, 0.25) is 0 Å². The Kier molecular flexibility index (Phi) is 4.21. The molecule has 116 valence electrons. The second-order valence-corrected chi connectivity index (χ2v) is 6.52. The zero-order valence-corrected chi connectivity index (χ0v) is 13.8. The van der Waals surface area contributed by atoms with Crippen LogP contribution in [0.4, 0.5) is 0 Å². The normalized spacial score (nSPS) is 20.2. The summed E-state index contributed by atoms with van der Waals surface area (Å²) in [7, 11) is 6.05. The van der Waals surface area contributed by atoms with Gasteiger partial charge in [-0.1, -0.05) is 36.4 Å². The van der Waals surface area contributed by atoms with Gasteiger partial charge >= 0.3 is 0 Å². The highest BCUT2D eigenvalue weighted by atomic mass is 16.5. The first kappa shape index (κ1) is 15.1. The third kappa shape index (κ3) is 2.64. The second-order valence-electron chi connectivity index (χ2n) is 6.52. The van der Waals surface area contributed by atoms with E-state index in [2.05, 4.69) is 67.5 Å². The fourth-order valence-electron chi connectivity index (χ4n) is 3.73. The van der Waals surface area contributed by atoms with Gasteiger partial charge in [-0.05, 0) is 68.7 Å². The van der Waals surface area contributed by atoms with E-state index in [1.165, 1.54) is 23.1 Å². The van der Waals surface area contributed by atoms with Crippen LogP contribution in [0, 0.1) is 0 Å². The lowest BCUT2D eigenvalue weighted by Crippen LogP contribution is -2.30. The van der Waals surface area contributed by atoms with Crippen molar-refractivity contribution in [2.45, 2.75) is 24.7 Å². The van der Waals surface area contributed by atoms with Crippen LogP contribution in [0.5, 0.6) is 5.75 Å². The van der Waals surface area contributed by atoms with Crippen molar-refractivity contribution in [2.75, 3.05) is 27.7 Å². The molecular formula is C20H25NO. The molecule has 0 aliphatic heterocycles. The zero-order valence-electron chi connectivity index (χ0n) is 13.8. The molecule has 0 spiro atoms. The zero-order chi connectivity index (χ0) is 15.6. The third-order valence-corrected chi connectivity index (χ3v) is 4.96. The van der Waals surface area contributed by atoms with Crippen molar-refractivity contribution in [1.82, 2.24) is 4.90 Å². The highest BCUT2D eigenvalue weighted by molar-refractivity contribution is 5.50. The maximum Gasteiger partial charge on any atom is 0.119 e. The molecule has 1 aliphatic carbocycles. The Labute approximate surface area is 133 Å². The Morgan fingerprint density at radius 1 is 1.09 bits per heavy atom. The molecule has 22 heavy (non-hydrogen) atoms. The van der Waals surface area contributed by atoms with Gasteiger partial charge in [-0.3, -0.25) is 0 Å². The van der Waals surface area contributed by atoms with Crippen LogP contribution in [0.15, 0.2) is 48.5 Å². The van der Waals surface area contributed by atoms with E-state index in [0.29, 0.717) is 0 Å². The smallest absolute Gasteiger partial charge is 0.119 e. The molecule has 3 rings (SSSR count). The molecule has 0 N–H and O–H groups in total. The van der Waals surface area contributed by atoms with E-state index < -0.39 is 0 Å². The van der Waals surface area contributed by atoms with Gasteiger partial charge in [0.15, 0.2) is 0 Å². The Morgan fingerprint density at radius 3 is 2.55 bits per heavy atom. The summed E-state index contributed by atoms with van der Waals surface area (Å²) in [6.07, 6.45) is 3.48. The number of aryl methyl sites for hydroxylation is 1. The van der Waals surface area contributed by atoms with Gasteiger partial charge in [0, 0.05) is 5.41 Å². The summed E-state index contributed by atoms with van der Waals surface area (Å²) < 4.78 is 5.40. The molecule has 0 amide bonds. The molecule has 0 unspecified atom stereocenters. The van der Waals surface area contributed by atoms with Crippen molar-refractivity contribution >= 4 is 0 Å². The van der Waals surface area contributed by atoms with Crippen LogP contribution >= 0.6 is 0 Å². The molecular weight excluding hydrogens is 270 g/mol. The van der Waals surface area contributed by atoms with Crippen LogP contribution in [0.3, 0.4) is 0 Å². The fraction of sp³-hybridized carbons (Fsp3) is 0.400. The van der Waals surface area contributed by atoms with E-state index in [0.717, 1.165) is 25.1 Å². The molecule has 1 aliphatic rings. The van der Waals surface area contributed by atoms with Crippen molar-refractivity contribution in [3.8, 4) is 5.75 Å². The number of nitrogens with zero attached hydrogens (tertiary/aromatic N) is 1. The van der Waals surface area contributed by atoms with E-state index in [1.807, 2.05) is 0 Å². The lowest BCUT2D eigenvalue weighted by atomic mass is 9.73. The quantitative estimate of drug-likeness (QED) is 0.830. The summed E-state index contributed by atoms with van der Waals surface area (Å²) in [6.45, 7) is 1.10. The average molecular weight is 295 g/mol. The fourth-order valence-corrected chi connectivity index (χ4v) is 3.73. The van der Waals surface area contributed by atoms with Crippen LogP contribution in [0.1, 0.15) is 29.5 Å². The van der Waals surface area contributed by atoms with Crippen LogP contribution in [0.25, 0.3) is 0 Å². The molecule has 1 atom stereocenters. The highest BCUT2D eigenvalue weighted by Crippen LogP contribution is 2.47. The number of fused-ring (bicyclic) bond motifs is 1. The minimum Gasteiger partial charge on any atom is -0.497 e. The topological polar surface area (TPSA) is 12.5 Å². The van der Waals surface area contributed by atoms with Gasteiger partial charge in [0.05, 0.1) is 7.11 Å². The number of methoxy groups -OCH3 is 1. The average Bonchev–Trinajstić information content (AvgIpc) is 2.93. The van der Waals surface area contributed by atoms with E-state index in [1.54, 1.807) is 7.11 Å². The van der Waals surface area contributed by atoms with E-state index in [-0.39, 0.29) is 5.41 Å². The van der Waals surface area contributed by atoms with E-state index in [4.69, 9.17) is 4.74 Å². The van der Waals surface area contributed by atoms with Crippen LogP contribution < -0.4 is 4.74 Å². The number of ether oxygens (including phenoxy) is 1.